The summed E-state index contributed by atoms with van der Waals surface area (Å²) in [6.07, 6.45) is -0.367. The topological polar surface area (TPSA) is 105 Å². The largest absolute Gasteiger partial charge is 0.497 e. The molecule has 88 valence electrons. The summed E-state index contributed by atoms with van der Waals surface area (Å²) < 4.78 is 4.89. The van der Waals surface area contributed by atoms with Crippen LogP contribution in [0, 0.1) is 21.4 Å². The maximum Gasteiger partial charge on any atom is 0.293 e. The second-order valence-corrected chi connectivity index (χ2v) is 3.02. The van der Waals surface area contributed by atoms with E-state index in [4.69, 9.17) is 10.00 Å². The molecule has 7 nitrogen and oxygen atoms in total. The molecule has 0 heterocycles. The van der Waals surface area contributed by atoms with Crippen molar-refractivity contribution in [2.75, 3.05) is 12.4 Å². The van der Waals surface area contributed by atoms with Crippen LogP contribution < -0.4 is 10.1 Å². The van der Waals surface area contributed by atoms with E-state index < -0.39 is 10.8 Å². The van der Waals surface area contributed by atoms with Crippen LogP contribution in [0.15, 0.2) is 18.2 Å². The molecule has 0 saturated heterocycles. The Labute approximate surface area is 96.8 Å². The molecule has 0 radical (unpaired) electrons. The van der Waals surface area contributed by atoms with Gasteiger partial charge in [-0.1, -0.05) is 0 Å². The van der Waals surface area contributed by atoms with Crippen LogP contribution in [0.5, 0.6) is 5.75 Å². The summed E-state index contributed by atoms with van der Waals surface area (Å²) in [5.74, 6) is -0.230. The lowest BCUT2D eigenvalue weighted by Crippen LogP contribution is -2.11. The van der Waals surface area contributed by atoms with Crippen LogP contribution in [0.2, 0.25) is 0 Å². The Hall–Kier alpha value is -2.62. The van der Waals surface area contributed by atoms with E-state index in [2.05, 4.69) is 5.32 Å². The predicted molar refractivity (Wildman–Crippen MR) is 58.5 cm³/mol. The molecule has 7 heteroatoms. The number of nitrogens with one attached hydrogen (secondary N) is 1. The Balaban J connectivity index is 3.05. The van der Waals surface area contributed by atoms with Crippen molar-refractivity contribution in [1.82, 2.24) is 0 Å². The van der Waals surface area contributed by atoms with Crippen molar-refractivity contribution in [2.45, 2.75) is 6.42 Å². The Morgan fingerprint density at radius 3 is 2.88 bits per heavy atom. The molecule has 1 rings (SSSR count). The Morgan fingerprint density at radius 2 is 2.35 bits per heavy atom. The summed E-state index contributed by atoms with van der Waals surface area (Å²) in [6, 6.07) is 5.62. The second kappa shape index (κ2) is 5.46. The van der Waals surface area contributed by atoms with E-state index in [-0.39, 0.29) is 17.8 Å². The highest BCUT2D eigenvalue weighted by Gasteiger charge is 2.16. The van der Waals surface area contributed by atoms with Crippen LogP contribution in [0.3, 0.4) is 0 Å². The summed E-state index contributed by atoms with van der Waals surface area (Å²) in [5.41, 5.74) is -0.244. The van der Waals surface area contributed by atoms with Crippen LogP contribution in [0.1, 0.15) is 6.42 Å². The number of anilines is 1. The van der Waals surface area contributed by atoms with Crippen molar-refractivity contribution in [1.29, 1.82) is 5.26 Å². The van der Waals surface area contributed by atoms with Gasteiger partial charge in [-0.15, -0.1) is 0 Å². The average molecular weight is 235 g/mol. The molecular formula is C10H9N3O4. The smallest absolute Gasteiger partial charge is 0.293 e. The molecule has 0 atom stereocenters. The summed E-state index contributed by atoms with van der Waals surface area (Å²) in [5, 5.41) is 21.3. The van der Waals surface area contributed by atoms with Gasteiger partial charge in [0.1, 0.15) is 17.9 Å². The van der Waals surface area contributed by atoms with E-state index in [1.807, 2.05) is 0 Å². The fourth-order valence-electron chi connectivity index (χ4n) is 1.17. The van der Waals surface area contributed by atoms with Crippen LogP contribution in [0.25, 0.3) is 0 Å². The maximum absolute atomic E-state index is 11.2. The lowest BCUT2D eigenvalue weighted by molar-refractivity contribution is -0.383. The summed E-state index contributed by atoms with van der Waals surface area (Å²) >= 11 is 0. The van der Waals surface area contributed by atoms with Crippen molar-refractivity contribution in [3.05, 3.63) is 28.3 Å². The quantitative estimate of drug-likeness (QED) is 0.628. The van der Waals surface area contributed by atoms with Crippen molar-refractivity contribution in [3.63, 3.8) is 0 Å². The van der Waals surface area contributed by atoms with Gasteiger partial charge in [-0.25, -0.2) is 0 Å². The zero-order chi connectivity index (χ0) is 12.8. The highest BCUT2D eigenvalue weighted by atomic mass is 16.6. The molecule has 0 spiro atoms. The molecule has 0 bridgehead atoms. The number of carbonyl (C=O) groups is 1. The highest BCUT2D eigenvalue weighted by Crippen LogP contribution is 2.28. The summed E-state index contributed by atoms with van der Waals surface area (Å²) in [4.78, 5) is 21.3. The Morgan fingerprint density at radius 1 is 1.65 bits per heavy atom. The van der Waals surface area contributed by atoms with Crippen molar-refractivity contribution < 1.29 is 14.5 Å². The van der Waals surface area contributed by atoms with E-state index in [1.54, 1.807) is 6.07 Å². The van der Waals surface area contributed by atoms with E-state index in [0.717, 1.165) is 0 Å². The SMILES string of the molecule is COc1ccc([N+](=O)[O-])c(NC(=O)CC#N)c1. The number of hydrogen-bond acceptors (Lipinski definition) is 5. The van der Waals surface area contributed by atoms with Crippen LogP contribution >= 0.6 is 0 Å². The first kappa shape index (κ1) is 12.4. The molecule has 1 amide bonds. The van der Waals surface area contributed by atoms with Gasteiger partial charge in [0.2, 0.25) is 5.91 Å². The predicted octanol–water partition coefficient (Wildman–Crippen LogP) is 1.46. The monoisotopic (exact) mass is 235 g/mol. The molecule has 1 aromatic carbocycles. The maximum atomic E-state index is 11.2. The summed E-state index contributed by atoms with van der Waals surface area (Å²) in [6.45, 7) is 0. The fourth-order valence-corrected chi connectivity index (χ4v) is 1.17. The zero-order valence-electron chi connectivity index (χ0n) is 8.97. The van der Waals surface area contributed by atoms with Gasteiger partial charge in [-0.05, 0) is 6.07 Å². The number of amides is 1. The first-order valence-electron chi connectivity index (χ1n) is 4.57. The first-order chi connectivity index (χ1) is 8.08. The third-order valence-electron chi connectivity index (χ3n) is 1.91. The highest BCUT2D eigenvalue weighted by molar-refractivity contribution is 5.94. The van der Waals surface area contributed by atoms with Gasteiger partial charge in [0.25, 0.3) is 5.69 Å². The minimum absolute atomic E-state index is 0.00889. The molecule has 0 saturated carbocycles. The van der Waals surface area contributed by atoms with Gasteiger partial charge in [-0.3, -0.25) is 14.9 Å². The number of nitro benzene ring substituents is 1. The molecule has 0 aromatic heterocycles. The minimum Gasteiger partial charge on any atom is -0.497 e. The summed E-state index contributed by atoms with van der Waals surface area (Å²) in [7, 11) is 1.40. The molecule has 0 aliphatic rings. The number of hydrogen-bond donors (Lipinski definition) is 1. The van der Waals surface area contributed by atoms with Crippen molar-refractivity contribution in [2.24, 2.45) is 0 Å². The van der Waals surface area contributed by atoms with Gasteiger partial charge >= 0.3 is 0 Å². The lowest BCUT2D eigenvalue weighted by Gasteiger charge is -2.06. The fraction of sp³-hybridized carbons (Fsp3) is 0.200. The number of nitriles is 1. The van der Waals surface area contributed by atoms with Crippen LogP contribution in [-0.2, 0) is 4.79 Å². The van der Waals surface area contributed by atoms with Crippen molar-refractivity contribution in [3.8, 4) is 11.8 Å². The van der Waals surface area contributed by atoms with E-state index >= 15 is 0 Å². The molecule has 0 unspecified atom stereocenters. The van der Waals surface area contributed by atoms with E-state index in [1.165, 1.54) is 25.3 Å². The standard InChI is InChI=1S/C10H9N3O4/c1-17-7-2-3-9(13(15)16)8(6-7)12-10(14)4-5-11/h2-3,6H,4H2,1H3,(H,12,14). The third kappa shape index (κ3) is 3.17. The molecular weight excluding hydrogens is 226 g/mol. The molecule has 1 N–H and O–H groups in total. The van der Waals surface area contributed by atoms with Crippen molar-refractivity contribution >= 4 is 17.3 Å². The minimum atomic E-state index is -0.624. The molecule has 0 aliphatic carbocycles. The Bertz CT molecular complexity index is 493. The lowest BCUT2D eigenvalue weighted by atomic mass is 10.2. The van der Waals surface area contributed by atoms with Gasteiger partial charge in [0.05, 0.1) is 18.1 Å². The Kier molecular flexibility index (Phi) is 4.00. The number of benzene rings is 1. The van der Waals surface area contributed by atoms with Gasteiger partial charge < -0.3 is 10.1 Å². The third-order valence-corrected chi connectivity index (χ3v) is 1.91. The molecule has 0 fully saturated rings. The number of ether oxygens (including phenoxy) is 1. The van der Waals surface area contributed by atoms with Gasteiger partial charge in [0, 0.05) is 12.1 Å². The number of carbonyl (C=O) groups excluding carboxylic acids is 1. The number of nitro groups is 1. The molecule has 17 heavy (non-hydrogen) atoms. The number of methoxy groups -OCH3 is 1. The van der Waals surface area contributed by atoms with E-state index in [9.17, 15) is 14.9 Å². The normalized spacial score (nSPS) is 9.18. The van der Waals surface area contributed by atoms with Gasteiger partial charge in [0.15, 0.2) is 0 Å². The van der Waals surface area contributed by atoms with Crippen LogP contribution in [-0.4, -0.2) is 17.9 Å². The molecule has 1 aromatic rings. The zero-order valence-corrected chi connectivity index (χ0v) is 8.97. The molecule has 0 aliphatic heterocycles. The van der Waals surface area contributed by atoms with E-state index in [0.29, 0.717) is 5.75 Å². The first-order valence-corrected chi connectivity index (χ1v) is 4.57. The second-order valence-electron chi connectivity index (χ2n) is 3.02. The number of rotatable bonds is 4. The average Bonchev–Trinajstić information content (AvgIpc) is 2.28. The van der Waals surface area contributed by atoms with Gasteiger partial charge in [-0.2, -0.15) is 5.26 Å². The number of nitrogens with zero attached hydrogens (tertiary/aromatic N) is 2. The van der Waals surface area contributed by atoms with Crippen LogP contribution in [0.4, 0.5) is 11.4 Å².